The number of aromatic nitrogens is 2. The van der Waals surface area contributed by atoms with Crippen molar-refractivity contribution in [2.45, 2.75) is 19.9 Å². The first-order valence-corrected chi connectivity index (χ1v) is 8.42. The van der Waals surface area contributed by atoms with E-state index in [9.17, 15) is 9.59 Å². The lowest BCUT2D eigenvalue weighted by Crippen LogP contribution is -2.44. The van der Waals surface area contributed by atoms with Gasteiger partial charge in [-0.25, -0.2) is 0 Å². The molecule has 0 aliphatic rings. The van der Waals surface area contributed by atoms with Gasteiger partial charge in [0, 0.05) is 11.1 Å². The van der Waals surface area contributed by atoms with E-state index in [4.69, 9.17) is 0 Å². The Labute approximate surface area is 144 Å². The van der Waals surface area contributed by atoms with Crippen molar-refractivity contribution < 1.29 is 9.59 Å². The Balaban J connectivity index is 1.84. The molecule has 1 N–H and O–H groups in total. The predicted octanol–water partition coefficient (Wildman–Crippen LogP) is 3.33. The molecule has 0 aliphatic heterocycles. The fourth-order valence-electron chi connectivity index (χ4n) is 2.46. The van der Waals surface area contributed by atoms with E-state index in [1.807, 2.05) is 19.9 Å². The van der Waals surface area contributed by atoms with Crippen LogP contribution in [0.1, 0.15) is 34.6 Å². The van der Waals surface area contributed by atoms with Gasteiger partial charge < -0.3 is 5.32 Å². The van der Waals surface area contributed by atoms with Crippen LogP contribution in [0.3, 0.4) is 0 Å². The quantitative estimate of drug-likeness (QED) is 0.724. The van der Waals surface area contributed by atoms with Crippen molar-refractivity contribution >= 4 is 34.5 Å². The first-order valence-electron chi connectivity index (χ1n) is 7.68. The maximum atomic E-state index is 12.9. The van der Waals surface area contributed by atoms with E-state index in [2.05, 4.69) is 14.1 Å². The Hall–Kier alpha value is -2.60. The van der Waals surface area contributed by atoms with Crippen molar-refractivity contribution in [3.8, 4) is 0 Å². The van der Waals surface area contributed by atoms with E-state index in [1.165, 1.54) is 0 Å². The Morgan fingerprint density at radius 2 is 1.67 bits per heavy atom. The van der Waals surface area contributed by atoms with Gasteiger partial charge in [-0.2, -0.15) is 8.75 Å². The highest BCUT2D eigenvalue weighted by Gasteiger charge is 2.26. The third-order valence-corrected chi connectivity index (χ3v) is 4.37. The van der Waals surface area contributed by atoms with Crippen molar-refractivity contribution in [3.63, 3.8) is 0 Å². The van der Waals surface area contributed by atoms with Gasteiger partial charge in [0.15, 0.2) is 5.78 Å². The Morgan fingerprint density at radius 1 is 0.958 bits per heavy atom. The summed E-state index contributed by atoms with van der Waals surface area (Å²) in [6.45, 7) is 3.83. The summed E-state index contributed by atoms with van der Waals surface area (Å²) in [7, 11) is 0. The van der Waals surface area contributed by atoms with Crippen LogP contribution in [-0.2, 0) is 0 Å². The van der Waals surface area contributed by atoms with Gasteiger partial charge in [0.05, 0.1) is 17.8 Å². The monoisotopic (exact) mass is 339 g/mol. The van der Waals surface area contributed by atoms with Crippen LogP contribution in [0.25, 0.3) is 11.0 Å². The first-order chi connectivity index (χ1) is 11.6. The number of nitrogens with one attached hydrogen (secondary N) is 1. The second-order valence-corrected chi connectivity index (χ2v) is 6.42. The number of carbonyl (C=O) groups excluding carboxylic acids is 2. The first kappa shape index (κ1) is 16.3. The predicted molar refractivity (Wildman–Crippen MR) is 94.3 cm³/mol. The zero-order valence-corrected chi connectivity index (χ0v) is 14.2. The van der Waals surface area contributed by atoms with Crippen LogP contribution in [0.4, 0.5) is 0 Å². The minimum absolute atomic E-state index is 0.0329. The molecule has 0 radical (unpaired) electrons. The number of ketones is 1. The molecule has 122 valence electrons. The molecular formula is C18H17N3O2S. The van der Waals surface area contributed by atoms with Crippen molar-refractivity contribution in [2.75, 3.05) is 0 Å². The molecule has 1 heterocycles. The number of amides is 1. The van der Waals surface area contributed by atoms with E-state index in [-0.39, 0.29) is 17.6 Å². The molecule has 6 heteroatoms. The number of benzene rings is 2. The smallest absolute Gasteiger partial charge is 0.251 e. The van der Waals surface area contributed by atoms with Crippen LogP contribution in [0.5, 0.6) is 0 Å². The standard InChI is InChI=1S/C18H17N3O2S/c1-11(2)16(19-18(23)12-6-4-3-5-7-12)17(22)13-8-9-14-15(10-13)21-24-20-14/h3-11,16H,1-2H3,(H,19,23). The highest BCUT2D eigenvalue weighted by molar-refractivity contribution is 7.00. The fourth-order valence-corrected chi connectivity index (χ4v) is 2.98. The number of rotatable bonds is 5. The minimum Gasteiger partial charge on any atom is -0.342 e. The number of hydrogen-bond donors (Lipinski definition) is 1. The molecule has 0 spiro atoms. The number of fused-ring (bicyclic) bond motifs is 1. The number of Topliss-reactive ketones (excluding diaryl/α,β-unsaturated/α-hetero) is 1. The lowest BCUT2D eigenvalue weighted by atomic mass is 9.94. The molecule has 0 aliphatic carbocycles. The topological polar surface area (TPSA) is 72.0 Å². The third kappa shape index (κ3) is 3.33. The van der Waals surface area contributed by atoms with Gasteiger partial charge in [0.25, 0.3) is 5.91 Å². The van der Waals surface area contributed by atoms with Crippen LogP contribution in [0, 0.1) is 5.92 Å². The van der Waals surface area contributed by atoms with E-state index in [1.54, 1.807) is 42.5 Å². The second-order valence-electron chi connectivity index (χ2n) is 5.89. The average Bonchev–Trinajstić information content (AvgIpc) is 3.07. The average molecular weight is 339 g/mol. The molecule has 1 unspecified atom stereocenters. The van der Waals surface area contributed by atoms with E-state index < -0.39 is 6.04 Å². The normalized spacial score (nSPS) is 12.3. The van der Waals surface area contributed by atoms with Crippen LogP contribution >= 0.6 is 11.7 Å². The third-order valence-electron chi connectivity index (χ3n) is 3.81. The van der Waals surface area contributed by atoms with Gasteiger partial charge >= 0.3 is 0 Å². The summed E-state index contributed by atoms with van der Waals surface area (Å²) in [6.07, 6.45) is 0. The molecule has 24 heavy (non-hydrogen) atoms. The molecule has 5 nitrogen and oxygen atoms in total. The summed E-state index contributed by atoms with van der Waals surface area (Å²) in [5, 5.41) is 2.85. The highest BCUT2D eigenvalue weighted by Crippen LogP contribution is 2.17. The summed E-state index contributed by atoms with van der Waals surface area (Å²) in [5.41, 5.74) is 2.53. The van der Waals surface area contributed by atoms with Crippen LogP contribution in [-0.4, -0.2) is 26.5 Å². The second kappa shape index (κ2) is 6.88. The molecule has 0 saturated heterocycles. The Kier molecular flexibility index (Phi) is 4.66. The van der Waals surface area contributed by atoms with Crippen LogP contribution in [0.2, 0.25) is 0 Å². The van der Waals surface area contributed by atoms with Gasteiger partial charge in [0.2, 0.25) is 0 Å². The van der Waals surface area contributed by atoms with Gasteiger partial charge in [-0.3, -0.25) is 9.59 Å². The molecule has 2 aromatic carbocycles. The minimum atomic E-state index is -0.596. The molecule has 1 atom stereocenters. The van der Waals surface area contributed by atoms with E-state index >= 15 is 0 Å². The molecule has 1 aromatic heterocycles. The van der Waals surface area contributed by atoms with Crippen molar-refractivity contribution in [1.29, 1.82) is 0 Å². The van der Waals surface area contributed by atoms with E-state index in [0.29, 0.717) is 16.6 Å². The highest BCUT2D eigenvalue weighted by atomic mass is 32.1. The largest absolute Gasteiger partial charge is 0.342 e. The number of hydrogen-bond acceptors (Lipinski definition) is 5. The zero-order valence-electron chi connectivity index (χ0n) is 13.4. The zero-order chi connectivity index (χ0) is 17.1. The summed E-state index contributed by atoms with van der Waals surface area (Å²) in [4.78, 5) is 25.2. The Morgan fingerprint density at radius 3 is 2.38 bits per heavy atom. The van der Waals surface area contributed by atoms with Crippen LogP contribution in [0.15, 0.2) is 48.5 Å². The van der Waals surface area contributed by atoms with Crippen molar-refractivity contribution in [2.24, 2.45) is 5.92 Å². The molecular weight excluding hydrogens is 322 g/mol. The van der Waals surface area contributed by atoms with Crippen LogP contribution < -0.4 is 5.32 Å². The number of nitrogens with zero attached hydrogens (tertiary/aromatic N) is 2. The summed E-state index contributed by atoms with van der Waals surface area (Å²) < 4.78 is 8.30. The molecule has 0 saturated carbocycles. The number of carbonyl (C=O) groups is 2. The SMILES string of the molecule is CC(C)C(NC(=O)c1ccccc1)C(=O)c1ccc2nsnc2c1. The molecule has 0 bridgehead atoms. The van der Waals surface area contributed by atoms with Gasteiger partial charge in [-0.05, 0) is 36.2 Å². The lowest BCUT2D eigenvalue weighted by molar-refractivity contribution is 0.0831. The fraction of sp³-hybridized carbons (Fsp3) is 0.222. The van der Waals surface area contributed by atoms with Crippen molar-refractivity contribution in [3.05, 3.63) is 59.7 Å². The Bertz CT molecular complexity index is 874. The van der Waals surface area contributed by atoms with E-state index in [0.717, 1.165) is 17.2 Å². The van der Waals surface area contributed by atoms with Crippen molar-refractivity contribution in [1.82, 2.24) is 14.1 Å². The van der Waals surface area contributed by atoms with Gasteiger partial charge in [0.1, 0.15) is 11.0 Å². The lowest BCUT2D eigenvalue weighted by Gasteiger charge is -2.21. The molecule has 3 aromatic rings. The summed E-state index contributed by atoms with van der Waals surface area (Å²) in [5.74, 6) is -0.405. The van der Waals surface area contributed by atoms with Gasteiger partial charge in [-0.1, -0.05) is 32.0 Å². The van der Waals surface area contributed by atoms with Gasteiger partial charge in [-0.15, -0.1) is 0 Å². The maximum Gasteiger partial charge on any atom is 0.251 e. The summed E-state index contributed by atoms with van der Waals surface area (Å²) >= 11 is 1.11. The summed E-state index contributed by atoms with van der Waals surface area (Å²) in [6, 6.07) is 13.5. The molecule has 0 fully saturated rings. The maximum absolute atomic E-state index is 12.9. The molecule has 1 amide bonds. The molecule has 3 rings (SSSR count).